The number of amides is 1. The maximum Gasteiger partial charge on any atom is 0.234 e. The molecule has 2 atom stereocenters. The van der Waals surface area contributed by atoms with E-state index in [1.807, 2.05) is 19.0 Å². The van der Waals surface area contributed by atoms with Gasteiger partial charge < -0.3 is 16.0 Å². The van der Waals surface area contributed by atoms with Gasteiger partial charge >= 0.3 is 0 Å². The Morgan fingerprint density at radius 2 is 2.21 bits per heavy atom. The van der Waals surface area contributed by atoms with Gasteiger partial charge in [-0.3, -0.25) is 4.79 Å². The first-order valence-electron chi connectivity index (χ1n) is 5.27. The minimum absolute atomic E-state index is 0.111. The Kier molecular flexibility index (Phi) is 4.35. The Morgan fingerprint density at radius 3 is 2.79 bits per heavy atom. The predicted molar refractivity (Wildman–Crippen MR) is 56.9 cm³/mol. The number of carbonyl (C=O) groups is 1. The van der Waals surface area contributed by atoms with Gasteiger partial charge in [0.2, 0.25) is 5.91 Å². The lowest BCUT2D eigenvalue weighted by Crippen LogP contribution is -2.43. The summed E-state index contributed by atoms with van der Waals surface area (Å²) in [4.78, 5) is 13.4. The standard InChI is InChI=1S/C10H21N3O/c1-13(2)7-10(14)12-9-5-3-4-8(9)6-11/h8-9H,3-7,11H2,1-2H3,(H,12,14). The maximum atomic E-state index is 11.5. The van der Waals surface area contributed by atoms with Gasteiger partial charge in [-0.05, 0) is 39.4 Å². The first-order valence-corrected chi connectivity index (χ1v) is 5.27. The third kappa shape index (κ3) is 3.27. The van der Waals surface area contributed by atoms with Gasteiger partial charge in [0.15, 0.2) is 0 Å². The number of nitrogens with zero attached hydrogens (tertiary/aromatic N) is 1. The number of hydrogen-bond donors (Lipinski definition) is 2. The molecular formula is C10H21N3O. The van der Waals surface area contributed by atoms with Gasteiger partial charge in [0.1, 0.15) is 0 Å². The number of rotatable bonds is 4. The van der Waals surface area contributed by atoms with Gasteiger partial charge in [0.25, 0.3) is 0 Å². The van der Waals surface area contributed by atoms with E-state index < -0.39 is 0 Å². The van der Waals surface area contributed by atoms with Crippen molar-refractivity contribution in [2.24, 2.45) is 11.7 Å². The van der Waals surface area contributed by atoms with Gasteiger partial charge in [-0.25, -0.2) is 0 Å². The molecule has 0 spiro atoms. The minimum atomic E-state index is 0.111. The molecule has 1 rings (SSSR count). The molecule has 4 nitrogen and oxygen atoms in total. The van der Waals surface area contributed by atoms with E-state index in [4.69, 9.17) is 5.73 Å². The number of carbonyl (C=O) groups excluding carboxylic acids is 1. The summed E-state index contributed by atoms with van der Waals surface area (Å²) in [6.07, 6.45) is 3.43. The molecule has 82 valence electrons. The lowest BCUT2D eigenvalue weighted by atomic mass is 10.0. The SMILES string of the molecule is CN(C)CC(=O)NC1CCCC1CN. The Morgan fingerprint density at radius 1 is 1.50 bits per heavy atom. The van der Waals surface area contributed by atoms with Crippen molar-refractivity contribution in [1.82, 2.24) is 10.2 Å². The van der Waals surface area contributed by atoms with E-state index in [0.29, 0.717) is 25.0 Å². The van der Waals surface area contributed by atoms with Gasteiger partial charge in [-0.2, -0.15) is 0 Å². The molecule has 1 amide bonds. The van der Waals surface area contributed by atoms with Gasteiger partial charge in [-0.1, -0.05) is 6.42 Å². The summed E-state index contributed by atoms with van der Waals surface area (Å²) < 4.78 is 0. The molecule has 0 saturated heterocycles. The van der Waals surface area contributed by atoms with Crippen molar-refractivity contribution in [1.29, 1.82) is 0 Å². The third-order valence-electron chi connectivity index (χ3n) is 2.77. The fourth-order valence-electron chi connectivity index (χ4n) is 2.05. The van der Waals surface area contributed by atoms with Crippen molar-refractivity contribution in [3.05, 3.63) is 0 Å². The largest absolute Gasteiger partial charge is 0.352 e. The molecule has 1 aliphatic carbocycles. The van der Waals surface area contributed by atoms with Crippen LogP contribution in [0.4, 0.5) is 0 Å². The van der Waals surface area contributed by atoms with Crippen molar-refractivity contribution in [2.45, 2.75) is 25.3 Å². The van der Waals surface area contributed by atoms with Crippen molar-refractivity contribution in [3.63, 3.8) is 0 Å². The first-order chi connectivity index (χ1) is 6.63. The van der Waals surface area contributed by atoms with Crippen molar-refractivity contribution in [3.8, 4) is 0 Å². The van der Waals surface area contributed by atoms with Crippen LogP contribution in [0.1, 0.15) is 19.3 Å². The molecule has 4 heteroatoms. The second kappa shape index (κ2) is 5.32. The topological polar surface area (TPSA) is 58.4 Å². The van der Waals surface area contributed by atoms with Crippen LogP contribution in [0.2, 0.25) is 0 Å². The molecule has 0 aliphatic heterocycles. The molecule has 0 bridgehead atoms. The van der Waals surface area contributed by atoms with E-state index >= 15 is 0 Å². The molecule has 1 saturated carbocycles. The van der Waals surface area contributed by atoms with E-state index in [9.17, 15) is 4.79 Å². The molecular weight excluding hydrogens is 178 g/mol. The monoisotopic (exact) mass is 199 g/mol. The molecule has 0 aromatic rings. The van der Waals surface area contributed by atoms with E-state index in [-0.39, 0.29) is 5.91 Å². The molecule has 1 aliphatic rings. The van der Waals surface area contributed by atoms with Crippen LogP contribution in [-0.4, -0.2) is 44.0 Å². The van der Waals surface area contributed by atoms with Crippen LogP contribution in [0.25, 0.3) is 0 Å². The molecule has 14 heavy (non-hydrogen) atoms. The van der Waals surface area contributed by atoms with Gasteiger partial charge in [0, 0.05) is 6.04 Å². The van der Waals surface area contributed by atoms with E-state index in [1.165, 1.54) is 6.42 Å². The first kappa shape index (κ1) is 11.5. The van der Waals surface area contributed by atoms with E-state index in [0.717, 1.165) is 12.8 Å². The predicted octanol–water partition coefficient (Wildman–Crippen LogP) is -0.208. The molecule has 0 aromatic carbocycles. The average Bonchev–Trinajstić information content (AvgIpc) is 2.50. The summed E-state index contributed by atoms with van der Waals surface area (Å²) in [5.74, 6) is 0.599. The molecule has 2 unspecified atom stereocenters. The maximum absolute atomic E-state index is 11.5. The van der Waals surface area contributed by atoms with Crippen molar-refractivity contribution in [2.75, 3.05) is 27.2 Å². The highest BCUT2D eigenvalue weighted by atomic mass is 16.2. The number of nitrogens with two attached hydrogens (primary N) is 1. The quantitative estimate of drug-likeness (QED) is 0.659. The summed E-state index contributed by atoms with van der Waals surface area (Å²) in [5.41, 5.74) is 5.64. The molecule has 0 heterocycles. The van der Waals surface area contributed by atoms with Gasteiger partial charge in [0.05, 0.1) is 6.54 Å². The fourth-order valence-corrected chi connectivity index (χ4v) is 2.05. The molecule has 1 fully saturated rings. The lowest BCUT2D eigenvalue weighted by molar-refractivity contribution is -0.122. The summed E-state index contributed by atoms with van der Waals surface area (Å²) in [6.45, 7) is 1.15. The summed E-state index contributed by atoms with van der Waals surface area (Å²) in [7, 11) is 3.79. The van der Waals surface area contributed by atoms with Crippen LogP contribution in [0.3, 0.4) is 0 Å². The Bertz CT molecular complexity index is 194. The Hall–Kier alpha value is -0.610. The molecule has 0 aromatic heterocycles. The second-order valence-electron chi connectivity index (χ2n) is 4.34. The van der Waals surface area contributed by atoms with Crippen LogP contribution in [0.15, 0.2) is 0 Å². The van der Waals surface area contributed by atoms with Crippen LogP contribution in [0, 0.1) is 5.92 Å². The highest BCUT2D eigenvalue weighted by Gasteiger charge is 2.27. The molecule has 0 radical (unpaired) electrons. The van der Waals surface area contributed by atoms with Crippen molar-refractivity contribution >= 4 is 5.91 Å². The Balaban J connectivity index is 2.32. The van der Waals surface area contributed by atoms with Crippen LogP contribution in [-0.2, 0) is 4.79 Å². The Labute approximate surface area is 85.8 Å². The number of likely N-dealkylation sites (N-methyl/N-ethyl adjacent to an activating group) is 1. The number of hydrogen-bond acceptors (Lipinski definition) is 3. The average molecular weight is 199 g/mol. The van der Waals surface area contributed by atoms with Gasteiger partial charge in [-0.15, -0.1) is 0 Å². The van der Waals surface area contributed by atoms with Crippen molar-refractivity contribution < 1.29 is 4.79 Å². The minimum Gasteiger partial charge on any atom is -0.352 e. The smallest absolute Gasteiger partial charge is 0.234 e. The van der Waals surface area contributed by atoms with Crippen LogP contribution < -0.4 is 11.1 Å². The summed E-state index contributed by atoms with van der Waals surface area (Å²) in [5, 5.41) is 3.05. The normalized spacial score (nSPS) is 26.9. The third-order valence-corrected chi connectivity index (χ3v) is 2.77. The zero-order valence-electron chi connectivity index (χ0n) is 9.12. The summed E-state index contributed by atoms with van der Waals surface area (Å²) in [6, 6.07) is 0.312. The van der Waals surface area contributed by atoms with E-state index in [2.05, 4.69) is 5.32 Å². The second-order valence-corrected chi connectivity index (χ2v) is 4.34. The highest BCUT2D eigenvalue weighted by molar-refractivity contribution is 5.78. The van der Waals surface area contributed by atoms with Crippen LogP contribution in [0.5, 0.6) is 0 Å². The lowest BCUT2D eigenvalue weighted by Gasteiger charge is -2.20. The summed E-state index contributed by atoms with van der Waals surface area (Å²) >= 11 is 0. The zero-order valence-corrected chi connectivity index (χ0v) is 9.12. The zero-order chi connectivity index (χ0) is 10.6. The highest BCUT2D eigenvalue weighted by Crippen LogP contribution is 2.24. The fraction of sp³-hybridized carbons (Fsp3) is 0.900. The van der Waals surface area contributed by atoms with Crippen LogP contribution >= 0.6 is 0 Å². The molecule has 3 N–H and O–H groups in total. The van der Waals surface area contributed by atoms with E-state index in [1.54, 1.807) is 0 Å². The number of nitrogens with one attached hydrogen (secondary N) is 1.